The highest BCUT2D eigenvalue weighted by atomic mass is 16.6. The number of ketones is 1. The second-order valence-electron chi connectivity index (χ2n) is 4.85. The Kier molecular flexibility index (Phi) is 3.88. The van der Waals surface area contributed by atoms with Gasteiger partial charge in [-0.2, -0.15) is 0 Å². The summed E-state index contributed by atoms with van der Waals surface area (Å²) in [5.74, 6) is 1.46. The number of carbonyl (C=O) groups excluding carboxylic acids is 1. The molecule has 0 bridgehead atoms. The van der Waals surface area contributed by atoms with Crippen molar-refractivity contribution < 1.29 is 19.0 Å². The van der Waals surface area contributed by atoms with Crippen LogP contribution in [-0.4, -0.2) is 32.2 Å². The molecule has 0 aliphatic carbocycles. The van der Waals surface area contributed by atoms with Crippen LogP contribution in [0.4, 0.5) is 0 Å². The number of hydrogen-bond donors (Lipinski definition) is 0. The number of ether oxygens (including phenoxy) is 3. The Morgan fingerprint density at radius 2 is 1.57 bits per heavy atom. The molecule has 1 fully saturated rings. The summed E-state index contributed by atoms with van der Waals surface area (Å²) in [5.41, 5.74) is 1.27. The third-order valence-electron chi connectivity index (χ3n) is 3.31. The number of carbonyl (C=O) groups is 1. The quantitative estimate of drug-likeness (QED) is 0.604. The van der Waals surface area contributed by atoms with Gasteiger partial charge in [0.2, 0.25) is 0 Å². The molecule has 1 unspecified atom stereocenters. The highest BCUT2D eigenvalue weighted by Crippen LogP contribution is 2.19. The predicted molar refractivity (Wildman–Crippen MR) is 78.1 cm³/mol. The Bertz CT molecular complexity index is 612. The zero-order valence-corrected chi connectivity index (χ0v) is 11.7. The van der Waals surface area contributed by atoms with E-state index in [-0.39, 0.29) is 11.9 Å². The second-order valence-corrected chi connectivity index (χ2v) is 4.85. The number of epoxide rings is 1. The minimum Gasteiger partial charge on any atom is -0.497 e. The molecule has 0 saturated carbocycles. The maximum Gasteiger partial charge on any atom is 0.193 e. The molecule has 0 amide bonds. The first-order valence-electron chi connectivity index (χ1n) is 6.79. The fraction of sp³-hybridized carbons (Fsp3) is 0.235. The van der Waals surface area contributed by atoms with Gasteiger partial charge in [0, 0.05) is 11.1 Å². The van der Waals surface area contributed by atoms with Crippen LogP contribution in [-0.2, 0) is 4.74 Å². The van der Waals surface area contributed by atoms with Crippen LogP contribution in [0.2, 0.25) is 0 Å². The monoisotopic (exact) mass is 284 g/mol. The van der Waals surface area contributed by atoms with Gasteiger partial charge in [0.05, 0.1) is 13.7 Å². The van der Waals surface area contributed by atoms with E-state index in [0.29, 0.717) is 17.7 Å². The number of benzene rings is 2. The molecule has 2 aromatic rings. The molecule has 1 aliphatic heterocycles. The van der Waals surface area contributed by atoms with Gasteiger partial charge in [0.1, 0.15) is 24.2 Å². The first kappa shape index (κ1) is 13.6. The van der Waals surface area contributed by atoms with Gasteiger partial charge >= 0.3 is 0 Å². The highest BCUT2D eigenvalue weighted by Gasteiger charge is 2.23. The summed E-state index contributed by atoms with van der Waals surface area (Å²) in [6, 6.07) is 14.2. The SMILES string of the molecule is COc1ccc(C(=O)c2ccc(OCC3CO3)cc2)cc1. The lowest BCUT2D eigenvalue weighted by Gasteiger charge is -2.06. The van der Waals surface area contributed by atoms with E-state index in [0.717, 1.165) is 18.1 Å². The summed E-state index contributed by atoms with van der Waals surface area (Å²) in [4.78, 5) is 12.3. The average molecular weight is 284 g/mol. The van der Waals surface area contributed by atoms with Gasteiger partial charge in [-0.25, -0.2) is 0 Å². The van der Waals surface area contributed by atoms with Crippen LogP contribution in [0.1, 0.15) is 15.9 Å². The molecule has 4 nitrogen and oxygen atoms in total. The number of hydrogen-bond acceptors (Lipinski definition) is 4. The Morgan fingerprint density at radius 1 is 1.05 bits per heavy atom. The van der Waals surface area contributed by atoms with E-state index in [1.165, 1.54) is 0 Å². The zero-order chi connectivity index (χ0) is 14.7. The van der Waals surface area contributed by atoms with Crippen LogP contribution in [0.5, 0.6) is 11.5 Å². The summed E-state index contributed by atoms with van der Waals surface area (Å²) in [5, 5.41) is 0. The molecule has 108 valence electrons. The Morgan fingerprint density at radius 3 is 2.05 bits per heavy atom. The van der Waals surface area contributed by atoms with Crippen molar-refractivity contribution in [2.24, 2.45) is 0 Å². The lowest BCUT2D eigenvalue weighted by Crippen LogP contribution is -2.05. The van der Waals surface area contributed by atoms with Gasteiger partial charge in [0.15, 0.2) is 5.78 Å². The van der Waals surface area contributed by atoms with E-state index < -0.39 is 0 Å². The molecule has 2 aromatic carbocycles. The molecule has 0 N–H and O–H groups in total. The van der Waals surface area contributed by atoms with Gasteiger partial charge in [-0.05, 0) is 48.5 Å². The molecule has 21 heavy (non-hydrogen) atoms. The standard InChI is InChI=1S/C17H16O4/c1-19-14-6-2-12(3-7-14)17(18)13-4-8-15(9-5-13)20-10-16-11-21-16/h2-9,16H,10-11H2,1H3. The average Bonchev–Trinajstić information content (AvgIpc) is 3.37. The highest BCUT2D eigenvalue weighted by molar-refractivity contribution is 6.09. The molecular formula is C17H16O4. The normalized spacial score (nSPS) is 16.3. The molecule has 1 saturated heterocycles. The van der Waals surface area contributed by atoms with Crippen molar-refractivity contribution in [1.82, 2.24) is 0 Å². The van der Waals surface area contributed by atoms with Gasteiger partial charge in [-0.15, -0.1) is 0 Å². The Labute approximate surface area is 123 Å². The maximum absolute atomic E-state index is 12.3. The molecule has 3 rings (SSSR count). The first-order valence-corrected chi connectivity index (χ1v) is 6.79. The van der Waals surface area contributed by atoms with Crippen molar-refractivity contribution >= 4 is 5.78 Å². The van der Waals surface area contributed by atoms with Crippen molar-refractivity contribution in [2.45, 2.75) is 6.10 Å². The number of methoxy groups -OCH3 is 1. The minimum absolute atomic E-state index is 0.0188. The lowest BCUT2D eigenvalue weighted by atomic mass is 10.0. The topological polar surface area (TPSA) is 48.1 Å². The number of rotatable bonds is 6. The smallest absolute Gasteiger partial charge is 0.193 e. The summed E-state index contributed by atoms with van der Waals surface area (Å²) in [6.07, 6.45) is 0.227. The summed E-state index contributed by atoms with van der Waals surface area (Å²) < 4.78 is 15.7. The van der Waals surface area contributed by atoms with Crippen LogP contribution >= 0.6 is 0 Å². The molecule has 0 spiro atoms. The molecule has 1 heterocycles. The van der Waals surface area contributed by atoms with Crippen molar-refractivity contribution in [3.63, 3.8) is 0 Å². The second kappa shape index (κ2) is 5.97. The first-order chi connectivity index (χ1) is 10.3. The third-order valence-corrected chi connectivity index (χ3v) is 3.31. The van der Waals surface area contributed by atoms with Crippen LogP contribution < -0.4 is 9.47 Å². The molecule has 0 radical (unpaired) electrons. The third kappa shape index (κ3) is 3.41. The van der Waals surface area contributed by atoms with Crippen LogP contribution in [0, 0.1) is 0 Å². The van der Waals surface area contributed by atoms with E-state index in [2.05, 4.69) is 0 Å². The van der Waals surface area contributed by atoms with Crippen LogP contribution in [0.15, 0.2) is 48.5 Å². The largest absolute Gasteiger partial charge is 0.497 e. The maximum atomic E-state index is 12.3. The molecular weight excluding hydrogens is 268 g/mol. The van der Waals surface area contributed by atoms with E-state index in [1.54, 1.807) is 55.6 Å². The van der Waals surface area contributed by atoms with Gasteiger partial charge < -0.3 is 14.2 Å². The van der Waals surface area contributed by atoms with Crippen molar-refractivity contribution in [3.05, 3.63) is 59.7 Å². The summed E-state index contributed by atoms with van der Waals surface area (Å²) in [7, 11) is 1.60. The van der Waals surface area contributed by atoms with Crippen molar-refractivity contribution in [2.75, 3.05) is 20.3 Å². The van der Waals surface area contributed by atoms with E-state index >= 15 is 0 Å². The Hall–Kier alpha value is -2.33. The molecule has 1 atom stereocenters. The van der Waals surface area contributed by atoms with Gasteiger partial charge in [-0.1, -0.05) is 0 Å². The molecule has 0 aromatic heterocycles. The van der Waals surface area contributed by atoms with Gasteiger partial charge in [0.25, 0.3) is 0 Å². The fourth-order valence-electron chi connectivity index (χ4n) is 1.97. The zero-order valence-electron chi connectivity index (χ0n) is 11.7. The van der Waals surface area contributed by atoms with E-state index in [1.807, 2.05) is 0 Å². The summed E-state index contributed by atoms with van der Waals surface area (Å²) >= 11 is 0. The van der Waals surface area contributed by atoms with Crippen molar-refractivity contribution in [1.29, 1.82) is 0 Å². The lowest BCUT2D eigenvalue weighted by molar-refractivity contribution is 0.103. The predicted octanol–water partition coefficient (Wildman–Crippen LogP) is 2.70. The fourth-order valence-corrected chi connectivity index (χ4v) is 1.97. The van der Waals surface area contributed by atoms with E-state index in [9.17, 15) is 4.79 Å². The van der Waals surface area contributed by atoms with Crippen LogP contribution in [0.25, 0.3) is 0 Å². The molecule has 4 heteroatoms. The van der Waals surface area contributed by atoms with Crippen molar-refractivity contribution in [3.8, 4) is 11.5 Å². The van der Waals surface area contributed by atoms with Crippen LogP contribution in [0.3, 0.4) is 0 Å². The summed E-state index contributed by atoms with van der Waals surface area (Å²) in [6.45, 7) is 1.33. The van der Waals surface area contributed by atoms with E-state index in [4.69, 9.17) is 14.2 Å². The van der Waals surface area contributed by atoms with Gasteiger partial charge in [-0.3, -0.25) is 4.79 Å². The molecule has 1 aliphatic rings. The minimum atomic E-state index is -0.0188. The Balaban J connectivity index is 1.67.